The van der Waals surface area contributed by atoms with Crippen molar-refractivity contribution in [2.24, 2.45) is 4.99 Å². The van der Waals surface area contributed by atoms with E-state index in [9.17, 15) is 0 Å². The first-order valence-corrected chi connectivity index (χ1v) is 12.7. The summed E-state index contributed by atoms with van der Waals surface area (Å²) in [5.74, 6) is 1.59. The number of aliphatic imine (C=N–C) groups is 1. The highest BCUT2D eigenvalue weighted by Gasteiger charge is 2.22. The zero-order chi connectivity index (χ0) is 26.2. The summed E-state index contributed by atoms with van der Waals surface area (Å²) in [5.41, 5.74) is 7.89. The number of likely N-dealkylation sites (N-methyl/N-ethyl adjacent to an activating group) is 1. The van der Waals surface area contributed by atoms with Crippen molar-refractivity contribution >= 4 is 22.3 Å². The first kappa shape index (κ1) is 23.9. The van der Waals surface area contributed by atoms with E-state index in [1.165, 1.54) is 0 Å². The second kappa shape index (κ2) is 9.75. The number of hydrogen-bond acceptors (Lipinski definition) is 7. The molecule has 0 unspecified atom stereocenters. The molecule has 1 aliphatic rings. The Labute approximate surface area is 221 Å². The molecule has 1 atom stereocenters. The Balaban J connectivity index is 1.38. The lowest BCUT2D eigenvalue weighted by Crippen LogP contribution is -2.24. The number of fused-ring (bicyclic) bond motifs is 2. The van der Waals surface area contributed by atoms with Crippen molar-refractivity contribution in [2.45, 2.75) is 20.0 Å². The number of aryl methyl sites for hydroxylation is 1. The van der Waals surface area contributed by atoms with Gasteiger partial charge in [-0.3, -0.25) is 14.5 Å². The second-order valence-corrected chi connectivity index (χ2v) is 9.82. The van der Waals surface area contributed by atoms with E-state index in [4.69, 9.17) is 9.73 Å². The summed E-state index contributed by atoms with van der Waals surface area (Å²) in [7, 11) is 4.06. The van der Waals surface area contributed by atoms with Gasteiger partial charge in [0.1, 0.15) is 30.7 Å². The van der Waals surface area contributed by atoms with E-state index in [1.807, 2.05) is 56.3 Å². The first-order valence-electron chi connectivity index (χ1n) is 12.7. The predicted molar refractivity (Wildman–Crippen MR) is 150 cm³/mol. The summed E-state index contributed by atoms with van der Waals surface area (Å²) in [4.78, 5) is 24.1. The highest BCUT2D eigenvalue weighted by molar-refractivity contribution is 6.18. The molecule has 9 nitrogen and oxygen atoms in total. The molecule has 0 saturated carbocycles. The number of H-pyrrole nitrogens is 1. The maximum Gasteiger partial charge on any atom is 0.147 e. The van der Waals surface area contributed by atoms with E-state index in [0.29, 0.717) is 6.61 Å². The highest BCUT2D eigenvalue weighted by atomic mass is 16.5. The average Bonchev–Trinajstić information content (AvgIpc) is 3.54. The number of anilines is 1. The van der Waals surface area contributed by atoms with E-state index in [1.54, 1.807) is 12.5 Å². The molecule has 5 aromatic rings. The monoisotopic (exact) mass is 506 g/mol. The van der Waals surface area contributed by atoms with Crippen LogP contribution in [0.15, 0.2) is 72.5 Å². The number of pyridine rings is 2. The lowest BCUT2D eigenvalue weighted by atomic mass is 9.97. The van der Waals surface area contributed by atoms with Gasteiger partial charge in [0, 0.05) is 47.3 Å². The van der Waals surface area contributed by atoms with Crippen LogP contribution >= 0.6 is 0 Å². The van der Waals surface area contributed by atoms with E-state index in [-0.39, 0.29) is 6.17 Å². The Bertz CT molecular complexity index is 1650. The Morgan fingerprint density at radius 1 is 1.05 bits per heavy atom. The van der Waals surface area contributed by atoms with Crippen molar-refractivity contribution in [1.29, 1.82) is 0 Å². The fourth-order valence-corrected chi connectivity index (χ4v) is 4.69. The number of imidazole rings is 1. The van der Waals surface area contributed by atoms with Crippen LogP contribution in [0.1, 0.15) is 23.9 Å². The predicted octanol–water partition coefficient (Wildman–Crippen LogP) is 4.67. The number of benzene rings is 1. The SMILES string of the molecule is Cc1cn(-c2nccc3[nH]c(C4=N[C@H](C)Nc5ccc(-c6cncc(OCCN(C)C)c6)cc54)cc23)cn1. The van der Waals surface area contributed by atoms with Crippen molar-refractivity contribution in [1.82, 2.24) is 29.4 Å². The van der Waals surface area contributed by atoms with Crippen molar-refractivity contribution in [3.05, 3.63) is 84.5 Å². The van der Waals surface area contributed by atoms with Crippen LogP contribution in [0, 0.1) is 6.92 Å². The number of nitrogens with one attached hydrogen (secondary N) is 2. The summed E-state index contributed by atoms with van der Waals surface area (Å²) in [6, 6.07) is 12.5. The largest absolute Gasteiger partial charge is 0.491 e. The maximum atomic E-state index is 5.92. The van der Waals surface area contributed by atoms with Crippen LogP contribution in [0.2, 0.25) is 0 Å². The molecular weight excluding hydrogens is 476 g/mol. The zero-order valence-corrected chi connectivity index (χ0v) is 21.9. The van der Waals surface area contributed by atoms with Gasteiger partial charge in [0.15, 0.2) is 0 Å². The molecule has 192 valence electrons. The molecular formula is C29H30N8O. The third kappa shape index (κ3) is 4.64. The Morgan fingerprint density at radius 2 is 1.95 bits per heavy atom. The van der Waals surface area contributed by atoms with Crippen molar-refractivity contribution in [3.63, 3.8) is 0 Å². The highest BCUT2D eigenvalue weighted by Crippen LogP contribution is 2.33. The fourth-order valence-electron chi connectivity index (χ4n) is 4.69. The Morgan fingerprint density at radius 3 is 2.76 bits per heavy atom. The van der Waals surface area contributed by atoms with E-state index < -0.39 is 0 Å². The molecule has 6 rings (SSSR count). The minimum absolute atomic E-state index is 0.0567. The summed E-state index contributed by atoms with van der Waals surface area (Å²) >= 11 is 0. The number of aromatic amines is 1. The van der Waals surface area contributed by atoms with Gasteiger partial charge in [-0.05, 0) is 63.8 Å². The number of aromatic nitrogens is 5. The van der Waals surface area contributed by atoms with Crippen LogP contribution in [-0.2, 0) is 0 Å². The molecule has 1 aliphatic heterocycles. The molecule has 0 radical (unpaired) electrons. The van der Waals surface area contributed by atoms with E-state index >= 15 is 0 Å². The normalized spacial score (nSPS) is 14.9. The van der Waals surface area contributed by atoms with Gasteiger partial charge in [0.05, 0.1) is 28.8 Å². The average molecular weight is 507 g/mol. The molecule has 2 N–H and O–H groups in total. The van der Waals surface area contributed by atoms with Crippen LogP contribution in [0.4, 0.5) is 5.69 Å². The summed E-state index contributed by atoms with van der Waals surface area (Å²) in [5, 5.41) is 4.50. The lowest BCUT2D eigenvalue weighted by molar-refractivity contribution is 0.261. The van der Waals surface area contributed by atoms with Gasteiger partial charge in [0.25, 0.3) is 0 Å². The molecule has 0 spiro atoms. The fraction of sp³-hybridized carbons (Fsp3) is 0.241. The van der Waals surface area contributed by atoms with Gasteiger partial charge in [-0.1, -0.05) is 6.07 Å². The molecule has 0 bridgehead atoms. The van der Waals surface area contributed by atoms with Gasteiger partial charge in [-0.15, -0.1) is 0 Å². The summed E-state index contributed by atoms with van der Waals surface area (Å²) in [6.07, 6.45) is 9.15. The quantitative estimate of drug-likeness (QED) is 0.333. The Hall–Kier alpha value is -4.50. The molecule has 0 saturated heterocycles. The third-order valence-electron chi connectivity index (χ3n) is 6.55. The van der Waals surface area contributed by atoms with Gasteiger partial charge in [-0.25, -0.2) is 9.97 Å². The Kier molecular flexibility index (Phi) is 6.13. The lowest BCUT2D eigenvalue weighted by Gasteiger charge is -2.23. The minimum atomic E-state index is -0.0567. The second-order valence-electron chi connectivity index (χ2n) is 9.82. The molecule has 4 aromatic heterocycles. The zero-order valence-electron chi connectivity index (χ0n) is 21.9. The van der Waals surface area contributed by atoms with Crippen molar-refractivity contribution < 1.29 is 4.74 Å². The van der Waals surface area contributed by atoms with Gasteiger partial charge < -0.3 is 19.9 Å². The summed E-state index contributed by atoms with van der Waals surface area (Å²) in [6.45, 7) is 5.48. The minimum Gasteiger partial charge on any atom is -0.491 e. The summed E-state index contributed by atoms with van der Waals surface area (Å²) < 4.78 is 7.87. The molecule has 5 heterocycles. The van der Waals surface area contributed by atoms with Crippen LogP contribution in [0.5, 0.6) is 5.75 Å². The molecule has 38 heavy (non-hydrogen) atoms. The number of hydrogen-bond donors (Lipinski definition) is 2. The van der Waals surface area contributed by atoms with Gasteiger partial charge in [-0.2, -0.15) is 0 Å². The smallest absolute Gasteiger partial charge is 0.147 e. The number of nitrogens with zero attached hydrogens (tertiary/aromatic N) is 6. The van der Waals surface area contributed by atoms with Crippen LogP contribution in [0.25, 0.3) is 27.8 Å². The number of rotatable bonds is 7. The van der Waals surface area contributed by atoms with Crippen molar-refractivity contribution in [3.8, 4) is 22.7 Å². The molecule has 9 heteroatoms. The number of ether oxygens (including phenoxy) is 1. The van der Waals surface area contributed by atoms with Crippen molar-refractivity contribution in [2.75, 3.05) is 32.6 Å². The van der Waals surface area contributed by atoms with Gasteiger partial charge in [0.2, 0.25) is 0 Å². The standard InChI is InChI=1S/C29H30N8O/c1-18-16-37(17-32-18)29-24-13-27(35-26(24)7-8-31-29)28-23-12-20(5-6-25(23)33-19(2)34-28)21-11-22(15-30-14-21)38-10-9-36(3)4/h5-8,11-17,19,33,35H,9-10H2,1-4H3/t19-/m1/s1. The van der Waals surface area contributed by atoms with Crippen LogP contribution in [-0.4, -0.2) is 68.5 Å². The molecule has 1 aromatic carbocycles. The maximum absolute atomic E-state index is 5.92. The third-order valence-corrected chi connectivity index (χ3v) is 6.55. The topological polar surface area (TPSA) is 96.2 Å². The molecule has 0 amide bonds. The van der Waals surface area contributed by atoms with E-state index in [0.717, 1.165) is 68.5 Å². The van der Waals surface area contributed by atoms with Crippen LogP contribution in [0.3, 0.4) is 0 Å². The van der Waals surface area contributed by atoms with Gasteiger partial charge >= 0.3 is 0 Å². The van der Waals surface area contributed by atoms with Crippen LogP contribution < -0.4 is 10.1 Å². The molecule has 0 fully saturated rings. The first-order chi connectivity index (χ1) is 18.4. The van der Waals surface area contributed by atoms with E-state index in [2.05, 4.69) is 61.3 Å². The molecule has 0 aliphatic carbocycles.